The van der Waals surface area contributed by atoms with Gasteiger partial charge in [-0.25, -0.2) is 0 Å². The maximum absolute atomic E-state index is 12.6. The van der Waals surface area contributed by atoms with Gasteiger partial charge < -0.3 is 15.1 Å². The summed E-state index contributed by atoms with van der Waals surface area (Å²) >= 11 is 6.25. The van der Waals surface area contributed by atoms with Crippen LogP contribution in [0.1, 0.15) is 17.3 Å². The molecule has 0 unspecified atom stereocenters. The molecule has 1 N–H and O–H groups in total. The highest BCUT2D eigenvalue weighted by Crippen LogP contribution is 2.26. The lowest BCUT2D eigenvalue weighted by atomic mass is 10.2. The highest BCUT2D eigenvalue weighted by molar-refractivity contribution is 6.33. The van der Waals surface area contributed by atoms with E-state index in [4.69, 9.17) is 11.6 Å². The van der Waals surface area contributed by atoms with Crippen molar-refractivity contribution in [1.82, 2.24) is 10.2 Å². The van der Waals surface area contributed by atoms with Crippen LogP contribution in [-0.4, -0.2) is 48.9 Å². The Labute approximate surface area is 158 Å². The summed E-state index contributed by atoms with van der Waals surface area (Å²) in [5, 5.41) is 3.50. The average molecular weight is 372 g/mol. The van der Waals surface area contributed by atoms with Crippen molar-refractivity contribution in [1.29, 1.82) is 0 Å². The standard InChI is InChI=1S/C20H22ClN3O2/c1-15(22-19(25)16-7-3-2-4-8-16)20(26)24-13-11-23(12-14-24)18-10-6-5-9-17(18)21/h2-10,15H,11-14H2,1H3,(H,22,25)/t15-/m0/s1. The van der Waals surface area contributed by atoms with Crippen LogP contribution in [0.4, 0.5) is 5.69 Å². The Morgan fingerprint density at radius 2 is 1.58 bits per heavy atom. The summed E-state index contributed by atoms with van der Waals surface area (Å²) in [4.78, 5) is 28.8. The van der Waals surface area contributed by atoms with Gasteiger partial charge in [0.1, 0.15) is 6.04 Å². The molecule has 0 aromatic heterocycles. The molecule has 0 spiro atoms. The molecular formula is C20H22ClN3O2. The van der Waals surface area contributed by atoms with Gasteiger partial charge in [-0.15, -0.1) is 0 Å². The first-order valence-electron chi connectivity index (χ1n) is 8.70. The quantitative estimate of drug-likeness (QED) is 0.899. The van der Waals surface area contributed by atoms with Crippen LogP contribution < -0.4 is 10.2 Å². The zero-order valence-corrected chi connectivity index (χ0v) is 15.4. The van der Waals surface area contributed by atoms with E-state index >= 15 is 0 Å². The fraction of sp³-hybridized carbons (Fsp3) is 0.300. The number of para-hydroxylation sites is 1. The van der Waals surface area contributed by atoms with Crippen molar-refractivity contribution in [2.75, 3.05) is 31.1 Å². The lowest BCUT2D eigenvalue weighted by Crippen LogP contribution is -2.54. The minimum absolute atomic E-state index is 0.0620. The normalized spacial score (nSPS) is 15.5. The molecule has 6 heteroatoms. The minimum atomic E-state index is -0.561. The van der Waals surface area contributed by atoms with Crippen LogP contribution in [-0.2, 0) is 4.79 Å². The molecule has 1 aliphatic heterocycles. The molecule has 2 aromatic rings. The van der Waals surface area contributed by atoms with Crippen LogP contribution in [0.3, 0.4) is 0 Å². The van der Waals surface area contributed by atoms with Crippen molar-refractivity contribution in [3.63, 3.8) is 0 Å². The lowest BCUT2D eigenvalue weighted by molar-refractivity contribution is -0.133. The molecule has 26 heavy (non-hydrogen) atoms. The second-order valence-electron chi connectivity index (χ2n) is 6.32. The highest BCUT2D eigenvalue weighted by atomic mass is 35.5. The second kappa shape index (κ2) is 8.23. The molecule has 1 heterocycles. The third-order valence-corrected chi connectivity index (χ3v) is 4.86. The largest absolute Gasteiger partial charge is 0.367 e. The Bertz CT molecular complexity index is 774. The van der Waals surface area contributed by atoms with E-state index in [2.05, 4.69) is 10.2 Å². The minimum Gasteiger partial charge on any atom is -0.367 e. The van der Waals surface area contributed by atoms with Crippen LogP contribution in [0.5, 0.6) is 0 Å². The zero-order chi connectivity index (χ0) is 18.5. The Balaban J connectivity index is 1.55. The number of halogens is 1. The number of nitrogens with zero attached hydrogens (tertiary/aromatic N) is 2. The summed E-state index contributed by atoms with van der Waals surface area (Å²) in [7, 11) is 0. The van der Waals surface area contributed by atoms with E-state index in [1.165, 1.54) is 0 Å². The van der Waals surface area contributed by atoms with Crippen LogP contribution >= 0.6 is 11.6 Å². The van der Waals surface area contributed by atoms with Gasteiger partial charge in [0.25, 0.3) is 5.91 Å². The molecule has 1 saturated heterocycles. The van der Waals surface area contributed by atoms with Gasteiger partial charge in [0.15, 0.2) is 0 Å². The maximum atomic E-state index is 12.6. The Hall–Kier alpha value is -2.53. The van der Waals surface area contributed by atoms with E-state index in [0.29, 0.717) is 18.7 Å². The number of benzene rings is 2. The molecule has 2 aromatic carbocycles. The second-order valence-corrected chi connectivity index (χ2v) is 6.73. The predicted molar refractivity (Wildman–Crippen MR) is 104 cm³/mol. The molecule has 5 nitrogen and oxygen atoms in total. The van der Waals surface area contributed by atoms with Crippen molar-refractivity contribution in [3.8, 4) is 0 Å². The predicted octanol–water partition coefficient (Wildman–Crippen LogP) is 2.81. The van der Waals surface area contributed by atoms with Crippen LogP contribution in [0.2, 0.25) is 5.02 Å². The van der Waals surface area contributed by atoms with Crippen LogP contribution in [0.25, 0.3) is 0 Å². The highest BCUT2D eigenvalue weighted by Gasteiger charge is 2.26. The van der Waals surface area contributed by atoms with Crippen molar-refractivity contribution >= 4 is 29.1 Å². The molecule has 0 bridgehead atoms. The first kappa shape index (κ1) is 18.3. The van der Waals surface area contributed by atoms with E-state index in [0.717, 1.165) is 23.8 Å². The van der Waals surface area contributed by atoms with E-state index in [1.54, 1.807) is 36.1 Å². The number of nitrogens with one attached hydrogen (secondary N) is 1. The maximum Gasteiger partial charge on any atom is 0.251 e. The van der Waals surface area contributed by atoms with Gasteiger partial charge in [-0.3, -0.25) is 9.59 Å². The summed E-state index contributed by atoms with van der Waals surface area (Å²) in [6, 6.07) is 16.1. The van der Waals surface area contributed by atoms with Crippen molar-refractivity contribution in [3.05, 3.63) is 65.2 Å². The summed E-state index contributed by atoms with van der Waals surface area (Å²) in [6.07, 6.45) is 0. The monoisotopic (exact) mass is 371 g/mol. The molecule has 136 valence electrons. The SMILES string of the molecule is C[C@H](NC(=O)c1ccccc1)C(=O)N1CCN(c2ccccc2Cl)CC1. The van der Waals surface area contributed by atoms with Gasteiger partial charge in [-0.2, -0.15) is 0 Å². The van der Waals surface area contributed by atoms with E-state index in [-0.39, 0.29) is 11.8 Å². The summed E-state index contributed by atoms with van der Waals surface area (Å²) in [6.45, 7) is 4.37. The molecule has 1 aliphatic rings. The number of rotatable bonds is 4. The first-order chi connectivity index (χ1) is 12.6. The van der Waals surface area contributed by atoms with Gasteiger partial charge in [-0.05, 0) is 31.2 Å². The topological polar surface area (TPSA) is 52.7 Å². The summed E-state index contributed by atoms with van der Waals surface area (Å²) in [5.74, 6) is -0.297. The number of carbonyl (C=O) groups excluding carboxylic acids is 2. The molecular weight excluding hydrogens is 350 g/mol. The Morgan fingerprint density at radius 3 is 2.23 bits per heavy atom. The van der Waals surface area contributed by atoms with E-state index in [1.807, 2.05) is 30.3 Å². The number of anilines is 1. The van der Waals surface area contributed by atoms with Gasteiger partial charge in [-0.1, -0.05) is 41.9 Å². The van der Waals surface area contributed by atoms with Gasteiger partial charge in [0.2, 0.25) is 5.91 Å². The number of piperazine rings is 1. The van der Waals surface area contributed by atoms with E-state index in [9.17, 15) is 9.59 Å². The van der Waals surface area contributed by atoms with Crippen molar-refractivity contribution in [2.24, 2.45) is 0 Å². The third-order valence-electron chi connectivity index (χ3n) is 4.54. The van der Waals surface area contributed by atoms with Crippen molar-refractivity contribution in [2.45, 2.75) is 13.0 Å². The lowest BCUT2D eigenvalue weighted by Gasteiger charge is -2.37. The molecule has 3 rings (SSSR count). The molecule has 1 atom stereocenters. The van der Waals surface area contributed by atoms with Crippen LogP contribution in [0, 0.1) is 0 Å². The molecule has 0 saturated carbocycles. The number of hydrogen-bond donors (Lipinski definition) is 1. The molecule has 1 fully saturated rings. The van der Waals surface area contributed by atoms with Gasteiger partial charge in [0, 0.05) is 31.7 Å². The first-order valence-corrected chi connectivity index (χ1v) is 9.08. The number of amides is 2. The van der Waals surface area contributed by atoms with E-state index < -0.39 is 6.04 Å². The molecule has 2 amide bonds. The summed E-state index contributed by atoms with van der Waals surface area (Å²) < 4.78 is 0. The number of hydrogen-bond acceptors (Lipinski definition) is 3. The molecule has 0 aliphatic carbocycles. The fourth-order valence-electron chi connectivity index (χ4n) is 3.08. The van der Waals surface area contributed by atoms with Gasteiger partial charge in [0.05, 0.1) is 10.7 Å². The van der Waals surface area contributed by atoms with Gasteiger partial charge >= 0.3 is 0 Å². The molecule has 0 radical (unpaired) electrons. The third kappa shape index (κ3) is 4.17. The Morgan fingerprint density at radius 1 is 0.962 bits per heavy atom. The number of carbonyl (C=O) groups is 2. The fourth-order valence-corrected chi connectivity index (χ4v) is 3.34. The van der Waals surface area contributed by atoms with Crippen LogP contribution in [0.15, 0.2) is 54.6 Å². The summed E-state index contributed by atoms with van der Waals surface area (Å²) in [5.41, 5.74) is 1.54. The van der Waals surface area contributed by atoms with Crippen molar-refractivity contribution < 1.29 is 9.59 Å². The Kier molecular flexibility index (Phi) is 5.78. The average Bonchev–Trinajstić information content (AvgIpc) is 2.68. The smallest absolute Gasteiger partial charge is 0.251 e. The zero-order valence-electron chi connectivity index (χ0n) is 14.7.